The smallest absolute Gasteiger partial charge is 0.264 e. The molecular formula is C22H20ClIN2O3S. The van der Waals surface area contributed by atoms with Gasteiger partial charge in [0.15, 0.2) is 0 Å². The quantitative estimate of drug-likeness (QED) is 0.415. The minimum absolute atomic E-state index is 0.0972. The molecule has 0 atom stereocenters. The van der Waals surface area contributed by atoms with Crippen molar-refractivity contribution in [2.24, 2.45) is 0 Å². The molecule has 3 rings (SSSR count). The predicted molar refractivity (Wildman–Crippen MR) is 130 cm³/mol. The van der Waals surface area contributed by atoms with E-state index >= 15 is 0 Å². The van der Waals surface area contributed by atoms with Crippen molar-refractivity contribution in [1.29, 1.82) is 0 Å². The molecule has 5 nitrogen and oxygen atoms in total. The second-order valence-electron chi connectivity index (χ2n) is 6.77. The molecule has 3 aromatic carbocycles. The lowest BCUT2D eigenvalue weighted by molar-refractivity contribution is -0.114. The lowest BCUT2D eigenvalue weighted by Gasteiger charge is -2.24. The minimum Gasteiger partial charge on any atom is -0.324 e. The lowest BCUT2D eigenvalue weighted by atomic mass is 10.2. The molecule has 0 saturated heterocycles. The molecule has 0 bridgehead atoms. The van der Waals surface area contributed by atoms with Gasteiger partial charge in [0.25, 0.3) is 10.0 Å². The van der Waals surface area contributed by atoms with Gasteiger partial charge < -0.3 is 5.32 Å². The number of sulfonamides is 1. The van der Waals surface area contributed by atoms with Crippen molar-refractivity contribution >= 4 is 61.5 Å². The molecule has 1 N–H and O–H groups in total. The Balaban J connectivity index is 1.97. The third-order valence-corrected chi connectivity index (χ3v) is 7.39. The van der Waals surface area contributed by atoms with Gasteiger partial charge in [0.1, 0.15) is 6.54 Å². The molecule has 1 amide bonds. The molecule has 0 aliphatic carbocycles. The summed E-state index contributed by atoms with van der Waals surface area (Å²) in [6.07, 6.45) is 0. The number of rotatable bonds is 6. The lowest BCUT2D eigenvalue weighted by Crippen LogP contribution is -2.38. The maximum Gasteiger partial charge on any atom is 0.264 e. The van der Waals surface area contributed by atoms with E-state index in [-0.39, 0.29) is 11.4 Å². The van der Waals surface area contributed by atoms with E-state index in [4.69, 9.17) is 11.6 Å². The third-order valence-electron chi connectivity index (χ3n) is 4.52. The first kappa shape index (κ1) is 22.6. The molecule has 0 fully saturated rings. The van der Waals surface area contributed by atoms with Crippen molar-refractivity contribution in [3.63, 3.8) is 0 Å². The third kappa shape index (κ3) is 5.14. The van der Waals surface area contributed by atoms with Crippen molar-refractivity contribution in [3.05, 3.63) is 86.4 Å². The van der Waals surface area contributed by atoms with Gasteiger partial charge in [-0.25, -0.2) is 8.42 Å². The predicted octanol–water partition coefficient (Wildman–Crippen LogP) is 5.40. The molecule has 30 heavy (non-hydrogen) atoms. The van der Waals surface area contributed by atoms with Gasteiger partial charge in [-0.3, -0.25) is 9.10 Å². The number of hydrogen-bond acceptors (Lipinski definition) is 3. The Morgan fingerprint density at radius 3 is 2.33 bits per heavy atom. The largest absolute Gasteiger partial charge is 0.324 e. The van der Waals surface area contributed by atoms with Gasteiger partial charge in [-0.1, -0.05) is 35.9 Å². The minimum atomic E-state index is -3.98. The summed E-state index contributed by atoms with van der Waals surface area (Å²) in [5, 5.41) is 3.23. The first-order valence-electron chi connectivity index (χ1n) is 9.08. The van der Waals surface area contributed by atoms with E-state index < -0.39 is 15.9 Å². The van der Waals surface area contributed by atoms with E-state index in [9.17, 15) is 13.2 Å². The molecule has 3 aromatic rings. The zero-order valence-electron chi connectivity index (χ0n) is 16.4. The van der Waals surface area contributed by atoms with Gasteiger partial charge in [0, 0.05) is 14.3 Å². The molecule has 8 heteroatoms. The van der Waals surface area contributed by atoms with E-state index in [2.05, 4.69) is 27.9 Å². The number of nitrogens with one attached hydrogen (secondary N) is 1. The van der Waals surface area contributed by atoms with Gasteiger partial charge in [-0.15, -0.1) is 0 Å². The van der Waals surface area contributed by atoms with Gasteiger partial charge >= 0.3 is 0 Å². The van der Waals surface area contributed by atoms with Crippen molar-refractivity contribution < 1.29 is 13.2 Å². The van der Waals surface area contributed by atoms with Crippen LogP contribution >= 0.6 is 34.2 Å². The fourth-order valence-corrected chi connectivity index (χ4v) is 5.11. The highest BCUT2D eigenvalue weighted by molar-refractivity contribution is 14.1. The van der Waals surface area contributed by atoms with E-state index in [1.165, 1.54) is 12.1 Å². The van der Waals surface area contributed by atoms with Crippen LogP contribution < -0.4 is 9.62 Å². The van der Waals surface area contributed by atoms with Crippen LogP contribution in [0.5, 0.6) is 0 Å². The number of anilines is 2. The Bertz CT molecular complexity index is 1180. The summed E-state index contributed by atoms with van der Waals surface area (Å²) in [6.45, 7) is 3.33. The molecule has 0 spiro atoms. The zero-order chi connectivity index (χ0) is 21.9. The van der Waals surface area contributed by atoms with Crippen molar-refractivity contribution in [2.45, 2.75) is 18.7 Å². The normalized spacial score (nSPS) is 11.2. The molecule has 0 aliphatic rings. The summed E-state index contributed by atoms with van der Waals surface area (Å²) in [5.74, 6) is -0.449. The molecule has 0 radical (unpaired) electrons. The Morgan fingerprint density at radius 1 is 1.00 bits per heavy atom. The van der Waals surface area contributed by atoms with Gasteiger partial charge in [-0.2, -0.15) is 0 Å². The standard InChI is InChI=1S/C22H20ClIN2O3S/c1-15-8-10-18(13-20(15)23)26(30(28,29)19-6-4-3-5-7-19)14-22(27)25-21-11-9-17(24)12-16(21)2/h3-13H,14H2,1-2H3,(H,25,27). The van der Waals surface area contributed by atoms with Crippen LogP contribution in [0, 0.1) is 17.4 Å². The summed E-state index contributed by atoms with van der Waals surface area (Å²) < 4.78 is 28.8. The number of hydrogen-bond donors (Lipinski definition) is 1. The molecule has 0 aliphatic heterocycles. The second-order valence-corrected chi connectivity index (χ2v) is 10.3. The highest BCUT2D eigenvalue weighted by Gasteiger charge is 2.27. The highest BCUT2D eigenvalue weighted by Crippen LogP contribution is 2.28. The van der Waals surface area contributed by atoms with Crippen LogP contribution in [0.2, 0.25) is 5.02 Å². The van der Waals surface area contributed by atoms with E-state index in [0.717, 1.165) is 19.0 Å². The SMILES string of the molecule is Cc1ccc(N(CC(=O)Nc2ccc(I)cc2C)S(=O)(=O)c2ccccc2)cc1Cl. The maximum atomic E-state index is 13.3. The van der Waals surface area contributed by atoms with Crippen LogP contribution in [-0.4, -0.2) is 20.9 Å². The van der Waals surface area contributed by atoms with Crippen LogP contribution in [0.4, 0.5) is 11.4 Å². The second kappa shape index (κ2) is 9.36. The first-order valence-corrected chi connectivity index (χ1v) is 12.0. The van der Waals surface area contributed by atoms with Crippen LogP contribution in [0.15, 0.2) is 71.6 Å². The average molecular weight is 555 g/mol. The first-order chi connectivity index (χ1) is 14.2. The fourth-order valence-electron chi connectivity index (χ4n) is 2.86. The molecular weight excluding hydrogens is 535 g/mol. The van der Waals surface area contributed by atoms with E-state index in [1.807, 2.05) is 26.0 Å². The van der Waals surface area contributed by atoms with E-state index in [1.54, 1.807) is 42.5 Å². The van der Waals surface area contributed by atoms with Crippen LogP contribution in [-0.2, 0) is 14.8 Å². The maximum absolute atomic E-state index is 13.3. The number of aryl methyl sites for hydroxylation is 2. The average Bonchev–Trinajstić information content (AvgIpc) is 2.71. The Morgan fingerprint density at radius 2 is 1.70 bits per heavy atom. The summed E-state index contributed by atoms with van der Waals surface area (Å²) >= 11 is 8.43. The Kier molecular flexibility index (Phi) is 7.05. The molecule has 0 saturated carbocycles. The fraction of sp³-hybridized carbons (Fsp3) is 0.136. The zero-order valence-corrected chi connectivity index (χ0v) is 20.1. The van der Waals surface area contributed by atoms with Gasteiger partial charge in [0.2, 0.25) is 5.91 Å². The van der Waals surface area contributed by atoms with Crippen LogP contribution in [0.1, 0.15) is 11.1 Å². The molecule has 0 aromatic heterocycles. The molecule has 0 heterocycles. The monoisotopic (exact) mass is 554 g/mol. The van der Waals surface area contributed by atoms with E-state index in [0.29, 0.717) is 16.4 Å². The number of nitrogens with zero attached hydrogens (tertiary/aromatic N) is 1. The van der Waals surface area contributed by atoms with Crippen LogP contribution in [0.3, 0.4) is 0 Å². The van der Waals surface area contributed by atoms with Crippen molar-refractivity contribution in [3.8, 4) is 0 Å². The highest BCUT2D eigenvalue weighted by atomic mass is 127. The number of benzene rings is 3. The number of carbonyl (C=O) groups excluding carboxylic acids is 1. The summed E-state index contributed by atoms with van der Waals surface area (Å²) in [7, 11) is -3.98. The summed E-state index contributed by atoms with van der Waals surface area (Å²) in [6, 6.07) is 18.6. The van der Waals surface area contributed by atoms with Gasteiger partial charge in [0.05, 0.1) is 10.6 Å². The van der Waals surface area contributed by atoms with Crippen molar-refractivity contribution in [1.82, 2.24) is 0 Å². The molecule has 0 unspecified atom stereocenters. The Hall–Kier alpha value is -2.10. The summed E-state index contributed by atoms with van der Waals surface area (Å²) in [5.41, 5.74) is 2.67. The Labute approximate surface area is 195 Å². The number of halogens is 2. The summed E-state index contributed by atoms with van der Waals surface area (Å²) in [4.78, 5) is 12.9. The topological polar surface area (TPSA) is 66.5 Å². The number of amides is 1. The van der Waals surface area contributed by atoms with Crippen LogP contribution in [0.25, 0.3) is 0 Å². The molecule has 156 valence electrons. The van der Waals surface area contributed by atoms with Crippen molar-refractivity contribution in [2.75, 3.05) is 16.2 Å². The van der Waals surface area contributed by atoms with Gasteiger partial charge in [-0.05, 0) is 90.0 Å². The number of carbonyl (C=O) groups is 1.